The molecule has 1 heterocycles. The zero-order valence-corrected chi connectivity index (χ0v) is 17.0. The lowest BCUT2D eigenvalue weighted by molar-refractivity contribution is -0.118. The molecule has 2 aromatic rings. The molecule has 0 aliphatic carbocycles. The number of ketones is 1. The third kappa shape index (κ3) is 4.92. The first-order valence-corrected chi connectivity index (χ1v) is 9.44. The lowest BCUT2D eigenvalue weighted by Gasteiger charge is -2.08. The van der Waals surface area contributed by atoms with E-state index in [1.165, 1.54) is 6.92 Å². The van der Waals surface area contributed by atoms with Crippen molar-refractivity contribution in [3.63, 3.8) is 0 Å². The lowest BCUT2D eigenvalue weighted by atomic mass is 10.1. The first-order valence-electron chi connectivity index (χ1n) is 7.83. The second-order valence-corrected chi connectivity index (χ2v) is 7.26. The normalized spacial score (nSPS) is 10.3. The average molecular weight is 440 g/mol. The molecular weight excluding hydrogens is 422 g/mol. The molecular formula is C18H18BrNO5S. The standard InChI is InChI=1S/C18H18BrNO5S/c1-4-24-18(23)15-10(2)16(11(3)21)26-17(15)20-14(22)9-25-13-7-5-12(19)6-8-13/h5-8H,4,9H2,1-3H3,(H,20,22). The van der Waals surface area contributed by atoms with E-state index >= 15 is 0 Å². The first kappa shape index (κ1) is 20.1. The van der Waals surface area contributed by atoms with Gasteiger partial charge in [0.2, 0.25) is 0 Å². The van der Waals surface area contributed by atoms with Crippen LogP contribution in [0.2, 0.25) is 0 Å². The van der Waals surface area contributed by atoms with Gasteiger partial charge in [-0.2, -0.15) is 0 Å². The van der Waals surface area contributed by atoms with Crippen LogP contribution in [-0.4, -0.2) is 30.9 Å². The maximum absolute atomic E-state index is 12.2. The van der Waals surface area contributed by atoms with Crippen molar-refractivity contribution in [1.82, 2.24) is 0 Å². The number of hydrogen-bond acceptors (Lipinski definition) is 6. The Morgan fingerprint density at radius 1 is 1.19 bits per heavy atom. The van der Waals surface area contributed by atoms with Crippen molar-refractivity contribution in [2.45, 2.75) is 20.8 Å². The van der Waals surface area contributed by atoms with E-state index in [0.29, 0.717) is 16.2 Å². The number of amides is 1. The number of halogens is 1. The van der Waals surface area contributed by atoms with E-state index in [1.54, 1.807) is 38.1 Å². The Morgan fingerprint density at radius 3 is 2.42 bits per heavy atom. The van der Waals surface area contributed by atoms with Gasteiger partial charge in [-0.3, -0.25) is 9.59 Å². The van der Waals surface area contributed by atoms with Gasteiger partial charge in [0.1, 0.15) is 10.8 Å². The van der Waals surface area contributed by atoms with Crippen molar-refractivity contribution in [2.75, 3.05) is 18.5 Å². The number of thiophene rings is 1. The van der Waals surface area contributed by atoms with Gasteiger partial charge >= 0.3 is 5.97 Å². The third-order valence-corrected chi connectivity index (χ3v) is 5.22. The number of rotatable bonds is 7. The summed E-state index contributed by atoms with van der Waals surface area (Å²) in [4.78, 5) is 36.6. The average Bonchev–Trinajstić information content (AvgIpc) is 2.91. The lowest BCUT2D eigenvalue weighted by Crippen LogP contribution is -2.21. The molecule has 0 fully saturated rings. The van der Waals surface area contributed by atoms with Gasteiger partial charge in [-0.25, -0.2) is 4.79 Å². The molecule has 0 bridgehead atoms. The van der Waals surface area contributed by atoms with E-state index in [2.05, 4.69) is 21.2 Å². The molecule has 0 aliphatic rings. The largest absolute Gasteiger partial charge is 0.484 e. The predicted octanol–water partition coefficient (Wildman–Crippen LogP) is 4.22. The SMILES string of the molecule is CCOC(=O)c1c(NC(=O)COc2ccc(Br)cc2)sc(C(C)=O)c1C. The number of carbonyl (C=O) groups is 3. The van der Waals surface area contributed by atoms with E-state index in [1.807, 2.05) is 0 Å². The first-order chi connectivity index (χ1) is 12.3. The molecule has 1 amide bonds. The molecule has 0 radical (unpaired) electrons. The van der Waals surface area contributed by atoms with Gasteiger partial charge in [0.15, 0.2) is 12.4 Å². The smallest absolute Gasteiger partial charge is 0.341 e. The van der Waals surface area contributed by atoms with Gasteiger partial charge in [0, 0.05) is 4.47 Å². The number of Topliss-reactive ketones (excluding diaryl/α,β-unsaturated/α-hetero) is 1. The molecule has 0 aliphatic heterocycles. The highest BCUT2D eigenvalue weighted by Crippen LogP contribution is 2.34. The summed E-state index contributed by atoms with van der Waals surface area (Å²) in [6, 6.07) is 7.05. The number of benzene rings is 1. The number of esters is 1. The number of hydrogen-bond donors (Lipinski definition) is 1. The summed E-state index contributed by atoms with van der Waals surface area (Å²) in [7, 11) is 0. The van der Waals surface area contributed by atoms with Gasteiger partial charge in [0.05, 0.1) is 17.0 Å². The third-order valence-electron chi connectivity index (χ3n) is 3.38. The molecule has 2 rings (SSSR count). The highest BCUT2D eigenvalue weighted by Gasteiger charge is 2.25. The summed E-state index contributed by atoms with van der Waals surface area (Å²) in [5, 5.41) is 2.93. The Morgan fingerprint density at radius 2 is 1.85 bits per heavy atom. The number of anilines is 1. The van der Waals surface area contributed by atoms with E-state index in [0.717, 1.165) is 15.8 Å². The van der Waals surface area contributed by atoms with Crippen molar-refractivity contribution in [3.05, 3.63) is 44.7 Å². The van der Waals surface area contributed by atoms with Gasteiger partial charge in [-0.15, -0.1) is 11.3 Å². The molecule has 0 saturated heterocycles. The van der Waals surface area contributed by atoms with Crippen LogP contribution in [0.15, 0.2) is 28.7 Å². The highest BCUT2D eigenvalue weighted by atomic mass is 79.9. The quantitative estimate of drug-likeness (QED) is 0.515. The molecule has 1 aromatic heterocycles. The van der Waals surface area contributed by atoms with Gasteiger partial charge < -0.3 is 14.8 Å². The van der Waals surface area contributed by atoms with Crippen LogP contribution in [0.25, 0.3) is 0 Å². The van der Waals surface area contributed by atoms with E-state index in [9.17, 15) is 14.4 Å². The van der Waals surface area contributed by atoms with Gasteiger partial charge in [0.25, 0.3) is 5.91 Å². The van der Waals surface area contributed by atoms with Crippen LogP contribution >= 0.6 is 27.3 Å². The van der Waals surface area contributed by atoms with E-state index in [-0.39, 0.29) is 29.6 Å². The Labute approximate surface area is 163 Å². The molecule has 8 heteroatoms. The zero-order chi connectivity index (χ0) is 19.3. The Hall–Kier alpha value is -2.19. The molecule has 1 N–H and O–H groups in total. The molecule has 26 heavy (non-hydrogen) atoms. The Kier molecular flexibility index (Phi) is 6.93. The van der Waals surface area contributed by atoms with Gasteiger partial charge in [-0.1, -0.05) is 15.9 Å². The second-order valence-electron chi connectivity index (χ2n) is 5.33. The molecule has 138 valence electrons. The summed E-state index contributed by atoms with van der Waals surface area (Å²) < 4.78 is 11.4. The molecule has 0 unspecified atom stereocenters. The summed E-state index contributed by atoms with van der Waals surface area (Å²) in [6.45, 7) is 4.74. The van der Waals surface area contributed by atoms with Crippen molar-refractivity contribution in [2.24, 2.45) is 0 Å². The zero-order valence-electron chi connectivity index (χ0n) is 14.6. The Bertz CT molecular complexity index is 829. The van der Waals surface area contributed by atoms with Crippen molar-refractivity contribution in [3.8, 4) is 5.75 Å². The molecule has 1 aromatic carbocycles. The van der Waals surface area contributed by atoms with Crippen molar-refractivity contribution in [1.29, 1.82) is 0 Å². The summed E-state index contributed by atoms with van der Waals surface area (Å²) >= 11 is 4.38. The van der Waals surface area contributed by atoms with Crippen molar-refractivity contribution >= 4 is 49.9 Å². The maximum atomic E-state index is 12.2. The Balaban J connectivity index is 2.15. The fraction of sp³-hybridized carbons (Fsp3) is 0.278. The minimum atomic E-state index is -0.571. The fourth-order valence-corrected chi connectivity index (χ4v) is 3.60. The number of ether oxygens (including phenoxy) is 2. The fourth-order valence-electron chi connectivity index (χ4n) is 2.23. The van der Waals surface area contributed by atoms with Crippen LogP contribution in [-0.2, 0) is 9.53 Å². The highest BCUT2D eigenvalue weighted by molar-refractivity contribution is 9.10. The number of nitrogens with one attached hydrogen (secondary N) is 1. The maximum Gasteiger partial charge on any atom is 0.341 e. The van der Waals surface area contributed by atoms with Crippen LogP contribution in [0.4, 0.5) is 5.00 Å². The molecule has 6 nitrogen and oxygen atoms in total. The van der Waals surface area contributed by atoms with E-state index in [4.69, 9.17) is 9.47 Å². The summed E-state index contributed by atoms with van der Waals surface area (Å²) in [5.74, 6) is -0.641. The summed E-state index contributed by atoms with van der Waals surface area (Å²) in [5.41, 5.74) is 0.712. The topological polar surface area (TPSA) is 81.7 Å². The van der Waals surface area contributed by atoms with Crippen molar-refractivity contribution < 1.29 is 23.9 Å². The molecule has 0 atom stereocenters. The summed E-state index contributed by atoms with van der Waals surface area (Å²) in [6.07, 6.45) is 0. The van der Waals surface area contributed by atoms with Crippen LogP contribution in [0.5, 0.6) is 5.75 Å². The van der Waals surface area contributed by atoms with Crippen LogP contribution in [0, 0.1) is 6.92 Å². The monoisotopic (exact) mass is 439 g/mol. The van der Waals surface area contributed by atoms with E-state index < -0.39 is 11.9 Å². The number of carbonyl (C=O) groups excluding carboxylic acids is 3. The van der Waals surface area contributed by atoms with Crippen LogP contribution in [0.1, 0.15) is 39.4 Å². The molecule has 0 spiro atoms. The minimum absolute atomic E-state index is 0.176. The molecule has 0 saturated carbocycles. The minimum Gasteiger partial charge on any atom is -0.484 e. The van der Waals surface area contributed by atoms with Gasteiger partial charge in [-0.05, 0) is 50.6 Å². The van der Waals surface area contributed by atoms with Crippen LogP contribution in [0.3, 0.4) is 0 Å². The predicted molar refractivity (Wildman–Crippen MR) is 103 cm³/mol. The van der Waals surface area contributed by atoms with Crippen LogP contribution < -0.4 is 10.1 Å². The second kappa shape index (κ2) is 8.95.